The van der Waals surface area contributed by atoms with E-state index in [4.69, 9.17) is 0 Å². The lowest BCUT2D eigenvalue weighted by Gasteiger charge is -2.14. The molecule has 2 rings (SSSR count). The number of rotatable bonds is 5. The Kier molecular flexibility index (Phi) is 3.88. The van der Waals surface area contributed by atoms with E-state index >= 15 is 0 Å². The third kappa shape index (κ3) is 2.94. The highest BCUT2D eigenvalue weighted by Gasteiger charge is 2.25. The Morgan fingerprint density at radius 1 is 1.53 bits per heavy atom. The molecule has 3 N–H and O–H groups in total. The van der Waals surface area contributed by atoms with E-state index in [9.17, 15) is 13.2 Å². The molecule has 9 heteroatoms. The van der Waals surface area contributed by atoms with Crippen LogP contribution < -0.4 is 9.60 Å². The van der Waals surface area contributed by atoms with Crippen LogP contribution in [0.5, 0.6) is 0 Å². The van der Waals surface area contributed by atoms with Gasteiger partial charge in [0.2, 0.25) is 0 Å². The molecule has 0 aliphatic carbocycles. The summed E-state index contributed by atoms with van der Waals surface area (Å²) in [5.41, 5.74) is 0.344. The first-order valence-corrected chi connectivity index (χ1v) is 7.95. The second-order valence-corrected chi connectivity index (χ2v) is 6.88. The van der Waals surface area contributed by atoms with Crippen molar-refractivity contribution in [2.45, 2.75) is 30.5 Å². The quantitative estimate of drug-likeness (QED) is 0.762. The maximum atomic E-state index is 12.2. The second-order valence-electron chi connectivity index (χ2n) is 3.98. The molecule has 0 radical (unpaired) electrons. The van der Waals surface area contributed by atoms with E-state index in [2.05, 4.69) is 19.7 Å². The largest absolute Gasteiger partial charge is 0.347 e. The summed E-state index contributed by atoms with van der Waals surface area (Å²) in [4.78, 5) is 20.2. The van der Waals surface area contributed by atoms with Crippen molar-refractivity contribution in [3.05, 3.63) is 33.6 Å². The summed E-state index contributed by atoms with van der Waals surface area (Å²) in [6.07, 6.45) is 3.74. The first-order valence-electron chi connectivity index (χ1n) is 5.65. The van der Waals surface area contributed by atoms with Crippen molar-refractivity contribution in [1.29, 1.82) is 0 Å². The first kappa shape index (κ1) is 14.0. The lowest BCUT2D eigenvalue weighted by Crippen LogP contribution is -2.29. The molecule has 0 saturated heterocycles. The molecule has 2 aromatic rings. The van der Waals surface area contributed by atoms with Gasteiger partial charge in [0.05, 0.1) is 6.04 Å². The van der Waals surface area contributed by atoms with E-state index in [1.807, 2.05) is 6.92 Å². The van der Waals surface area contributed by atoms with Crippen LogP contribution in [0.3, 0.4) is 0 Å². The van der Waals surface area contributed by atoms with E-state index in [0.717, 1.165) is 0 Å². The minimum Gasteiger partial charge on any atom is -0.347 e. The van der Waals surface area contributed by atoms with E-state index in [1.165, 1.54) is 0 Å². The van der Waals surface area contributed by atoms with Crippen molar-refractivity contribution >= 4 is 21.4 Å². The fourth-order valence-electron chi connectivity index (χ4n) is 1.69. The molecule has 104 valence electrons. The molecular weight excluding hydrogens is 288 g/mol. The maximum absolute atomic E-state index is 12.2. The van der Waals surface area contributed by atoms with Gasteiger partial charge in [-0.2, -0.15) is 4.72 Å². The molecular formula is C10H14N4O3S2. The molecule has 0 bridgehead atoms. The zero-order valence-electron chi connectivity index (χ0n) is 10.4. The molecule has 1 unspecified atom stereocenters. The van der Waals surface area contributed by atoms with Crippen LogP contribution in [0.2, 0.25) is 0 Å². The van der Waals surface area contributed by atoms with Gasteiger partial charge in [0, 0.05) is 18.1 Å². The Morgan fingerprint density at radius 3 is 2.74 bits per heavy atom. The minimum absolute atomic E-state index is 0.0162. The van der Waals surface area contributed by atoms with Gasteiger partial charge >= 0.3 is 4.87 Å². The summed E-state index contributed by atoms with van der Waals surface area (Å²) in [6, 6.07) is -0.448. The number of sulfonamides is 1. The maximum Gasteiger partial charge on any atom is 0.305 e. The molecule has 7 nitrogen and oxygen atoms in total. The van der Waals surface area contributed by atoms with Crippen LogP contribution >= 0.6 is 11.3 Å². The predicted octanol–water partition coefficient (Wildman–Crippen LogP) is 0.898. The summed E-state index contributed by atoms with van der Waals surface area (Å²) in [5, 5.41) is 0. The Morgan fingerprint density at radius 2 is 2.26 bits per heavy atom. The third-order valence-corrected chi connectivity index (χ3v) is 5.66. The fourth-order valence-corrected chi connectivity index (χ4v) is 4.29. The highest BCUT2D eigenvalue weighted by Crippen LogP contribution is 2.20. The van der Waals surface area contributed by atoms with E-state index in [-0.39, 0.29) is 9.08 Å². The summed E-state index contributed by atoms with van der Waals surface area (Å²) in [5.74, 6) is 0.548. The number of hydrogen-bond acceptors (Lipinski definition) is 5. The van der Waals surface area contributed by atoms with Gasteiger partial charge in [0.1, 0.15) is 5.82 Å². The Balaban J connectivity index is 2.31. The summed E-state index contributed by atoms with van der Waals surface area (Å²) in [7, 11) is -3.73. The smallest absolute Gasteiger partial charge is 0.305 e. The lowest BCUT2D eigenvalue weighted by molar-refractivity contribution is 0.540. The topological polar surface area (TPSA) is 108 Å². The Labute approximate surface area is 114 Å². The van der Waals surface area contributed by atoms with Crippen molar-refractivity contribution in [2.24, 2.45) is 0 Å². The fraction of sp³-hybridized carbons (Fsp3) is 0.400. The van der Waals surface area contributed by atoms with E-state index in [1.54, 1.807) is 19.3 Å². The summed E-state index contributed by atoms with van der Waals surface area (Å²) in [6.45, 7) is 3.41. The molecule has 19 heavy (non-hydrogen) atoms. The molecule has 1 atom stereocenters. The number of hydrogen-bond donors (Lipinski definition) is 3. The second kappa shape index (κ2) is 5.27. The summed E-state index contributed by atoms with van der Waals surface area (Å²) < 4.78 is 27.0. The molecule has 0 saturated carbocycles. The van der Waals surface area contributed by atoms with Crippen LogP contribution in [-0.4, -0.2) is 23.4 Å². The molecule has 0 amide bonds. The van der Waals surface area contributed by atoms with Gasteiger partial charge in [-0.25, -0.2) is 13.4 Å². The SMILES string of the molecule is CCC(NS(=O)(=O)c1sc(=O)[nH]c1C)c1ncc[nH]1. The number of nitrogens with one attached hydrogen (secondary N) is 3. The first-order chi connectivity index (χ1) is 8.94. The molecule has 0 aromatic carbocycles. The normalized spacial score (nSPS) is 13.6. The van der Waals surface area contributed by atoms with Gasteiger partial charge in [-0.3, -0.25) is 4.79 Å². The highest BCUT2D eigenvalue weighted by molar-refractivity contribution is 7.91. The Bertz CT molecular complexity index is 699. The number of aromatic nitrogens is 3. The van der Waals surface area contributed by atoms with Crippen molar-refractivity contribution < 1.29 is 8.42 Å². The van der Waals surface area contributed by atoms with Crippen molar-refractivity contribution in [1.82, 2.24) is 19.7 Å². The minimum atomic E-state index is -3.73. The van der Waals surface area contributed by atoms with Gasteiger partial charge in [-0.05, 0) is 13.3 Å². The van der Waals surface area contributed by atoms with Crippen LogP contribution in [0.25, 0.3) is 0 Å². The monoisotopic (exact) mass is 302 g/mol. The number of imidazole rings is 1. The van der Waals surface area contributed by atoms with Gasteiger partial charge in [-0.1, -0.05) is 18.3 Å². The van der Waals surface area contributed by atoms with Crippen molar-refractivity contribution in [2.75, 3.05) is 0 Å². The number of aromatic amines is 2. The zero-order chi connectivity index (χ0) is 14.0. The average Bonchev–Trinajstić information content (AvgIpc) is 2.96. The molecule has 0 aliphatic heterocycles. The van der Waals surface area contributed by atoms with E-state index < -0.39 is 16.1 Å². The van der Waals surface area contributed by atoms with Gasteiger partial charge in [0.15, 0.2) is 4.21 Å². The third-order valence-electron chi connectivity index (χ3n) is 2.58. The molecule has 2 aromatic heterocycles. The van der Waals surface area contributed by atoms with Gasteiger partial charge < -0.3 is 9.97 Å². The molecule has 0 aliphatic rings. The number of nitrogens with zero attached hydrogens (tertiary/aromatic N) is 1. The average molecular weight is 302 g/mol. The van der Waals surface area contributed by atoms with Crippen molar-refractivity contribution in [3.63, 3.8) is 0 Å². The Hall–Kier alpha value is -1.45. The van der Waals surface area contributed by atoms with Crippen LogP contribution in [0.15, 0.2) is 21.4 Å². The van der Waals surface area contributed by atoms with Crippen LogP contribution in [0.4, 0.5) is 0 Å². The van der Waals surface area contributed by atoms with Crippen LogP contribution in [0, 0.1) is 6.92 Å². The van der Waals surface area contributed by atoms with Crippen LogP contribution in [-0.2, 0) is 10.0 Å². The van der Waals surface area contributed by atoms with E-state index in [0.29, 0.717) is 29.3 Å². The summed E-state index contributed by atoms with van der Waals surface area (Å²) >= 11 is 0.679. The number of aryl methyl sites for hydroxylation is 1. The predicted molar refractivity (Wildman–Crippen MR) is 71.6 cm³/mol. The van der Waals surface area contributed by atoms with Crippen LogP contribution in [0.1, 0.15) is 30.9 Å². The standard InChI is InChI=1S/C10H14N4O3S2/c1-3-7(8-11-4-5-12-8)14-19(16,17)9-6(2)13-10(15)18-9/h4-5,7,14H,3H2,1-2H3,(H,11,12)(H,13,15). The zero-order valence-corrected chi connectivity index (χ0v) is 12.1. The highest BCUT2D eigenvalue weighted by atomic mass is 32.2. The van der Waals surface area contributed by atoms with Gasteiger partial charge in [-0.15, -0.1) is 0 Å². The number of H-pyrrole nitrogens is 2. The molecule has 2 heterocycles. The van der Waals surface area contributed by atoms with Crippen molar-refractivity contribution in [3.8, 4) is 0 Å². The van der Waals surface area contributed by atoms with Gasteiger partial charge in [0.25, 0.3) is 10.0 Å². The molecule has 0 fully saturated rings. The number of thiazole rings is 1. The molecule has 0 spiro atoms. The lowest BCUT2D eigenvalue weighted by atomic mass is 10.2.